The van der Waals surface area contributed by atoms with Crippen molar-refractivity contribution in [2.75, 3.05) is 26.2 Å². The molecule has 1 atom stereocenters. The first-order valence-electron chi connectivity index (χ1n) is 9.01. The number of piperidine rings is 1. The Balaban J connectivity index is 1.82. The molecule has 2 aliphatic heterocycles. The molecule has 2 fully saturated rings. The van der Waals surface area contributed by atoms with Gasteiger partial charge >= 0.3 is 0 Å². The molecule has 0 spiro atoms. The number of hydrogen-bond donors (Lipinski definition) is 0. The lowest BCUT2D eigenvalue weighted by Gasteiger charge is -2.29. The molecule has 8 heteroatoms. The highest BCUT2D eigenvalue weighted by molar-refractivity contribution is 7.89. The number of carbonyl (C=O) groups excluding carboxylic acids is 1. The zero-order valence-corrected chi connectivity index (χ0v) is 15.8. The number of aromatic nitrogens is 1. The fraction of sp³-hybridized carbons (Fsp3) is 0.706. The second-order valence-corrected chi connectivity index (χ2v) is 9.02. The molecule has 0 bridgehead atoms. The Bertz CT molecular complexity index is 720. The van der Waals surface area contributed by atoms with Crippen LogP contribution in [0.5, 0.6) is 0 Å². The van der Waals surface area contributed by atoms with Crippen LogP contribution >= 0.6 is 0 Å². The molecule has 0 aromatic carbocycles. The van der Waals surface area contributed by atoms with Crippen molar-refractivity contribution in [3.8, 4) is 0 Å². The summed E-state index contributed by atoms with van der Waals surface area (Å²) in [6.07, 6.45) is 6.32. The van der Waals surface area contributed by atoms with Gasteiger partial charge in [-0.05, 0) is 44.1 Å². The number of aryl methyl sites for hydroxylation is 1. The first-order valence-corrected chi connectivity index (χ1v) is 10.4. The summed E-state index contributed by atoms with van der Waals surface area (Å²) in [6.45, 7) is 4.21. The first-order chi connectivity index (χ1) is 11.9. The van der Waals surface area contributed by atoms with Crippen molar-refractivity contribution >= 4 is 15.9 Å². The van der Waals surface area contributed by atoms with Crippen LogP contribution in [0.3, 0.4) is 0 Å². The standard InChI is InChI=1S/C17H27N3O4S/c1-14-7-6-8-19(12-14)25(22,23)15-11-16(18(2)13-15)17(21)20-9-4-3-5-10-24-20/h11,13-14H,3-10,12H2,1-2H3. The van der Waals surface area contributed by atoms with Gasteiger partial charge in [0.1, 0.15) is 10.6 Å². The van der Waals surface area contributed by atoms with E-state index in [0.29, 0.717) is 37.9 Å². The van der Waals surface area contributed by atoms with Crippen molar-refractivity contribution in [3.63, 3.8) is 0 Å². The van der Waals surface area contributed by atoms with E-state index in [4.69, 9.17) is 4.84 Å². The molecule has 2 aliphatic rings. The summed E-state index contributed by atoms with van der Waals surface area (Å²) < 4.78 is 28.9. The van der Waals surface area contributed by atoms with E-state index in [1.807, 2.05) is 0 Å². The second kappa shape index (κ2) is 7.47. The lowest BCUT2D eigenvalue weighted by Crippen LogP contribution is -2.38. The Kier molecular flexibility index (Phi) is 5.50. The molecule has 1 unspecified atom stereocenters. The molecule has 7 nitrogen and oxygen atoms in total. The Labute approximate surface area is 149 Å². The normalized spacial score (nSPS) is 23.4. The largest absolute Gasteiger partial charge is 0.345 e. The van der Waals surface area contributed by atoms with Crippen molar-refractivity contribution < 1.29 is 18.0 Å². The number of hydrogen-bond acceptors (Lipinski definition) is 4. The van der Waals surface area contributed by atoms with Crippen LogP contribution in [0.2, 0.25) is 0 Å². The Morgan fingerprint density at radius 2 is 2.00 bits per heavy atom. The maximum atomic E-state index is 12.9. The molecule has 0 saturated carbocycles. The molecule has 1 aromatic heterocycles. The van der Waals surface area contributed by atoms with Gasteiger partial charge in [-0.25, -0.2) is 13.5 Å². The third kappa shape index (κ3) is 3.91. The van der Waals surface area contributed by atoms with Crippen LogP contribution in [0.1, 0.15) is 49.5 Å². The average Bonchev–Trinajstić information content (AvgIpc) is 2.81. The van der Waals surface area contributed by atoms with Crippen LogP contribution in [0.15, 0.2) is 17.2 Å². The third-order valence-corrected chi connectivity index (χ3v) is 6.77. The minimum Gasteiger partial charge on any atom is -0.345 e. The molecule has 1 amide bonds. The van der Waals surface area contributed by atoms with Gasteiger partial charge in [-0.1, -0.05) is 6.92 Å². The molecule has 0 N–H and O–H groups in total. The zero-order valence-electron chi connectivity index (χ0n) is 15.0. The van der Waals surface area contributed by atoms with E-state index in [1.165, 1.54) is 21.6 Å². The lowest BCUT2D eigenvalue weighted by molar-refractivity contribution is -0.116. The Morgan fingerprint density at radius 3 is 2.76 bits per heavy atom. The number of carbonyl (C=O) groups is 1. The van der Waals surface area contributed by atoms with Crippen molar-refractivity contribution in [1.82, 2.24) is 13.9 Å². The smallest absolute Gasteiger partial charge is 0.294 e. The summed E-state index contributed by atoms with van der Waals surface area (Å²) in [5, 5.41) is 1.36. The molecule has 25 heavy (non-hydrogen) atoms. The number of sulfonamides is 1. The van der Waals surface area contributed by atoms with E-state index in [0.717, 1.165) is 32.1 Å². The first kappa shape index (κ1) is 18.4. The number of rotatable bonds is 3. The van der Waals surface area contributed by atoms with Gasteiger partial charge in [0.25, 0.3) is 5.91 Å². The zero-order chi connectivity index (χ0) is 18.0. The summed E-state index contributed by atoms with van der Waals surface area (Å²) in [5.74, 6) is 0.0803. The number of nitrogens with zero attached hydrogens (tertiary/aromatic N) is 3. The summed E-state index contributed by atoms with van der Waals surface area (Å²) >= 11 is 0. The van der Waals surface area contributed by atoms with Crippen molar-refractivity contribution in [2.24, 2.45) is 13.0 Å². The van der Waals surface area contributed by atoms with Crippen LogP contribution in [0.25, 0.3) is 0 Å². The maximum Gasteiger partial charge on any atom is 0.294 e. The van der Waals surface area contributed by atoms with Gasteiger partial charge in [0, 0.05) is 32.9 Å². The van der Waals surface area contributed by atoms with Crippen LogP contribution in [0.4, 0.5) is 0 Å². The number of hydroxylamine groups is 2. The van der Waals surface area contributed by atoms with Crippen molar-refractivity contribution in [2.45, 2.75) is 43.9 Å². The average molecular weight is 369 g/mol. The highest BCUT2D eigenvalue weighted by Crippen LogP contribution is 2.25. The fourth-order valence-electron chi connectivity index (χ4n) is 3.46. The van der Waals surface area contributed by atoms with E-state index >= 15 is 0 Å². The molecule has 1 aromatic rings. The Hall–Kier alpha value is -1.38. The highest BCUT2D eigenvalue weighted by Gasteiger charge is 2.31. The molecule has 0 aliphatic carbocycles. The third-order valence-electron chi connectivity index (χ3n) is 4.94. The predicted octanol–water partition coefficient (Wildman–Crippen LogP) is 2.00. The minimum atomic E-state index is -3.57. The van der Waals surface area contributed by atoms with Crippen LogP contribution in [0, 0.1) is 5.92 Å². The molecular weight excluding hydrogens is 342 g/mol. The van der Waals surface area contributed by atoms with Gasteiger partial charge in [0.05, 0.1) is 6.61 Å². The summed E-state index contributed by atoms with van der Waals surface area (Å²) in [7, 11) is -1.87. The highest BCUT2D eigenvalue weighted by atomic mass is 32.2. The molecule has 0 radical (unpaired) electrons. The van der Waals surface area contributed by atoms with Gasteiger partial charge in [0.15, 0.2) is 0 Å². The number of amides is 1. The van der Waals surface area contributed by atoms with E-state index in [-0.39, 0.29) is 10.8 Å². The molecule has 3 heterocycles. The molecule has 3 rings (SSSR count). The monoisotopic (exact) mass is 369 g/mol. The Morgan fingerprint density at radius 1 is 1.20 bits per heavy atom. The van der Waals surface area contributed by atoms with E-state index < -0.39 is 10.0 Å². The lowest BCUT2D eigenvalue weighted by atomic mass is 10.0. The SMILES string of the molecule is CC1CCCN(S(=O)(=O)c2cc(C(=O)N3CCCCCO3)n(C)c2)C1. The maximum absolute atomic E-state index is 12.9. The van der Waals surface area contributed by atoms with E-state index in [2.05, 4.69) is 6.92 Å². The van der Waals surface area contributed by atoms with Crippen molar-refractivity contribution in [3.05, 3.63) is 18.0 Å². The van der Waals surface area contributed by atoms with Gasteiger partial charge in [0.2, 0.25) is 10.0 Å². The van der Waals surface area contributed by atoms with Gasteiger partial charge < -0.3 is 4.57 Å². The van der Waals surface area contributed by atoms with Crippen molar-refractivity contribution in [1.29, 1.82) is 0 Å². The second-order valence-electron chi connectivity index (χ2n) is 7.08. The topological polar surface area (TPSA) is 71.8 Å². The quantitative estimate of drug-likeness (QED) is 0.817. The molecule has 2 saturated heterocycles. The van der Waals surface area contributed by atoms with Crippen LogP contribution in [-0.4, -0.2) is 54.5 Å². The predicted molar refractivity (Wildman–Crippen MR) is 93.4 cm³/mol. The van der Waals surface area contributed by atoms with E-state index in [1.54, 1.807) is 11.6 Å². The van der Waals surface area contributed by atoms with Gasteiger partial charge in [-0.2, -0.15) is 4.31 Å². The van der Waals surface area contributed by atoms with Crippen LogP contribution in [-0.2, 0) is 21.9 Å². The fourth-order valence-corrected chi connectivity index (χ4v) is 5.13. The molecule has 140 valence electrons. The summed E-state index contributed by atoms with van der Waals surface area (Å²) in [4.78, 5) is 18.4. The van der Waals surface area contributed by atoms with Gasteiger partial charge in [-0.15, -0.1) is 0 Å². The summed E-state index contributed by atoms with van der Waals surface area (Å²) in [6, 6.07) is 1.48. The minimum absolute atomic E-state index is 0.183. The molecular formula is C17H27N3O4S. The van der Waals surface area contributed by atoms with E-state index in [9.17, 15) is 13.2 Å². The summed E-state index contributed by atoms with van der Waals surface area (Å²) in [5.41, 5.74) is 0.338. The van der Waals surface area contributed by atoms with Crippen LogP contribution < -0.4 is 0 Å². The van der Waals surface area contributed by atoms with Gasteiger partial charge in [-0.3, -0.25) is 9.63 Å².